The van der Waals surface area contributed by atoms with Gasteiger partial charge in [-0.25, -0.2) is 0 Å². The Morgan fingerprint density at radius 2 is 2.05 bits per heavy atom. The summed E-state index contributed by atoms with van der Waals surface area (Å²) in [6, 6.07) is 0. The number of alkyl halides is 3. The molecule has 0 unspecified atom stereocenters. The van der Waals surface area contributed by atoms with E-state index in [4.69, 9.17) is 10.2 Å². The van der Waals surface area contributed by atoms with Crippen LogP contribution < -0.4 is 0 Å². The highest BCUT2D eigenvalue weighted by molar-refractivity contribution is 7.99. The Labute approximate surface area is 110 Å². The molecule has 0 aliphatic rings. The van der Waals surface area contributed by atoms with E-state index >= 15 is 0 Å². The van der Waals surface area contributed by atoms with Gasteiger partial charge in [0.2, 0.25) is 0 Å². The fourth-order valence-electron chi connectivity index (χ4n) is 1.33. The molecule has 0 amide bonds. The molecular formula is C9H12F3N3O3S. The average Bonchev–Trinajstić information content (AvgIpc) is 2.67. The van der Waals surface area contributed by atoms with Crippen LogP contribution in [0.5, 0.6) is 0 Å². The predicted octanol–water partition coefficient (Wildman–Crippen LogP) is 1.29. The van der Waals surface area contributed by atoms with Gasteiger partial charge in [0.25, 0.3) is 0 Å². The lowest BCUT2D eigenvalue weighted by Gasteiger charge is -2.09. The topological polar surface area (TPSA) is 88.2 Å². The molecule has 108 valence electrons. The first-order valence-corrected chi connectivity index (χ1v) is 6.26. The first-order chi connectivity index (χ1) is 8.83. The third-order valence-electron chi connectivity index (χ3n) is 2.10. The SMILES string of the molecule is O=C(O)CSc1nnc(CO)n1CCCC(F)(F)F. The molecule has 1 rings (SSSR count). The number of carboxylic acids is 1. The van der Waals surface area contributed by atoms with Gasteiger partial charge in [-0.2, -0.15) is 13.2 Å². The molecule has 0 saturated carbocycles. The number of hydrogen-bond donors (Lipinski definition) is 2. The van der Waals surface area contributed by atoms with Gasteiger partial charge >= 0.3 is 12.1 Å². The van der Waals surface area contributed by atoms with E-state index in [0.717, 1.165) is 11.8 Å². The van der Waals surface area contributed by atoms with Gasteiger partial charge < -0.3 is 14.8 Å². The van der Waals surface area contributed by atoms with Gasteiger partial charge in [-0.3, -0.25) is 4.79 Å². The van der Waals surface area contributed by atoms with Crippen molar-refractivity contribution in [3.05, 3.63) is 5.82 Å². The van der Waals surface area contributed by atoms with Crippen LogP contribution in [-0.4, -0.2) is 42.9 Å². The molecular weight excluding hydrogens is 287 g/mol. The monoisotopic (exact) mass is 299 g/mol. The van der Waals surface area contributed by atoms with Crippen molar-refractivity contribution in [1.82, 2.24) is 14.8 Å². The van der Waals surface area contributed by atoms with E-state index in [-0.39, 0.29) is 29.7 Å². The Bertz CT molecular complexity index is 436. The number of carboxylic acid groups (broad SMARTS) is 1. The lowest BCUT2D eigenvalue weighted by molar-refractivity contribution is -0.136. The van der Waals surface area contributed by atoms with E-state index in [2.05, 4.69) is 10.2 Å². The number of aliphatic carboxylic acids is 1. The molecule has 0 fully saturated rings. The lowest BCUT2D eigenvalue weighted by atomic mass is 10.3. The lowest BCUT2D eigenvalue weighted by Crippen LogP contribution is -2.12. The van der Waals surface area contributed by atoms with Crippen molar-refractivity contribution in [2.75, 3.05) is 5.75 Å². The van der Waals surface area contributed by atoms with Gasteiger partial charge in [0.05, 0.1) is 5.75 Å². The smallest absolute Gasteiger partial charge is 0.389 e. The van der Waals surface area contributed by atoms with Gasteiger partial charge in [0.1, 0.15) is 6.61 Å². The number of halogens is 3. The van der Waals surface area contributed by atoms with Crippen molar-refractivity contribution in [3.8, 4) is 0 Å². The molecule has 1 heterocycles. The van der Waals surface area contributed by atoms with Crippen LogP contribution in [0.15, 0.2) is 5.16 Å². The highest BCUT2D eigenvalue weighted by Crippen LogP contribution is 2.23. The minimum atomic E-state index is -4.25. The second-order valence-electron chi connectivity index (χ2n) is 3.61. The largest absolute Gasteiger partial charge is 0.481 e. The van der Waals surface area contributed by atoms with Crippen LogP contribution in [0.25, 0.3) is 0 Å². The van der Waals surface area contributed by atoms with Crippen molar-refractivity contribution >= 4 is 17.7 Å². The van der Waals surface area contributed by atoms with Gasteiger partial charge in [-0.15, -0.1) is 10.2 Å². The fraction of sp³-hybridized carbons (Fsp3) is 0.667. The zero-order valence-electron chi connectivity index (χ0n) is 9.72. The second-order valence-corrected chi connectivity index (χ2v) is 4.55. The summed E-state index contributed by atoms with van der Waals surface area (Å²) in [4.78, 5) is 10.4. The Morgan fingerprint density at radius 1 is 1.37 bits per heavy atom. The van der Waals surface area contributed by atoms with Gasteiger partial charge in [0.15, 0.2) is 11.0 Å². The van der Waals surface area contributed by atoms with Crippen molar-refractivity contribution in [3.63, 3.8) is 0 Å². The minimum absolute atomic E-state index is 0.0235. The number of thioether (sulfide) groups is 1. The van der Waals surface area contributed by atoms with E-state index in [1.54, 1.807) is 0 Å². The van der Waals surface area contributed by atoms with Crippen LogP contribution in [0, 0.1) is 0 Å². The first-order valence-electron chi connectivity index (χ1n) is 5.28. The number of aliphatic hydroxyl groups excluding tert-OH is 1. The zero-order chi connectivity index (χ0) is 14.5. The molecule has 2 N–H and O–H groups in total. The number of carbonyl (C=O) groups is 1. The number of rotatable bonds is 7. The summed E-state index contributed by atoms with van der Waals surface area (Å²) in [5.41, 5.74) is 0. The number of hydrogen-bond acceptors (Lipinski definition) is 5. The highest BCUT2D eigenvalue weighted by Gasteiger charge is 2.26. The van der Waals surface area contributed by atoms with Crippen molar-refractivity contribution in [2.45, 2.75) is 37.3 Å². The summed E-state index contributed by atoms with van der Waals surface area (Å²) in [5, 5.41) is 25.0. The molecule has 0 aliphatic heterocycles. The van der Waals surface area contributed by atoms with Gasteiger partial charge in [-0.05, 0) is 6.42 Å². The van der Waals surface area contributed by atoms with E-state index in [1.807, 2.05) is 0 Å². The Hall–Kier alpha value is -1.29. The Morgan fingerprint density at radius 3 is 2.58 bits per heavy atom. The van der Waals surface area contributed by atoms with Crippen LogP contribution in [0.3, 0.4) is 0 Å². The van der Waals surface area contributed by atoms with Crippen molar-refractivity contribution < 1.29 is 28.2 Å². The Kier molecular flexibility index (Phi) is 5.60. The molecule has 0 spiro atoms. The van der Waals surface area contributed by atoms with E-state index in [9.17, 15) is 18.0 Å². The summed E-state index contributed by atoms with van der Waals surface area (Å²) in [5.74, 6) is -1.22. The highest BCUT2D eigenvalue weighted by atomic mass is 32.2. The maximum absolute atomic E-state index is 12.0. The second kappa shape index (κ2) is 6.75. The summed E-state index contributed by atoms with van der Waals surface area (Å²) >= 11 is 0.847. The van der Waals surface area contributed by atoms with Crippen molar-refractivity contribution in [1.29, 1.82) is 0 Å². The maximum atomic E-state index is 12.0. The van der Waals surface area contributed by atoms with Crippen LogP contribution in [0.1, 0.15) is 18.7 Å². The molecule has 0 aromatic carbocycles. The molecule has 0 bridgehead atoms. The van der Waals surface area contributed by atoms with E-state index < -0.39 is 25.2 Å². The summed E-state index contributed by atoms with van der Waals surface area (Å²) in [6.07, 6.45) is -5.39. The molecule has 0 radical (unpaired) electrons. The van der Waals surface area contributed by atoms with Crippen LogP contribution in [-0.2, 0) is 17.9 Å². The summed E-state index contributed by atoms with van der Waals surface area (Å²) in [6.45, 7) is -0.489. The third-order valence-corrected chi connectivity index (χ3v) is 3.05. The molecule has 19 heavy (non-hydrogen) atoms. The zero-order valence-corrected chi connectivity index (χ0v) is 10.5. The summed E-state index contributed by atoms with van der Waals surface area (Å²) < 4.78 is 37.5. The van der Waals surface area contributed by atoms with E-state index in [1.165, 1.54) is 4.57 Å². The number of aromatic nitrogens is 3. The van der Waals surface area contributed by atoms with Gasteiger partial charge in [0, 0.05) is 13.0 Å². The maximum Gasteiger partial charge on any atom is 0.389 e. The van der Waals surface area contributed by atoms with Gasteiger partial charge in [-0.1, -0.05) is 11.8 Å². The quantitative estimate of drug-likeness (QED) is 0.738. The summed E-state index contributed by atoms with van der Waals surface area (Å²) in [7, 11) is 0. The molecule has 10 heteroatoms. The molecule has 0 aliphatic carbocycles. The number of nitrogens with zero attached hydrogens (tertiary/aromatic N) is 3. The minimum Gasteiger partial charge on any atom is -0.481 e. The molecule has 1 aromatic rings. The van der Waals surface area contributed by atoms with Crippen LogP contribution >= 0.6 is 11.8 Å². The van der Waals surface area contributed by atoms with Crippen LogP contribution in [0.4, 0.5) is 13.2 Å². The van der Waals surface area contributed by atoms with Crippen LogP contribution in [0.2, 0.25) is 0 Å². The predicted molar refractivity (Wildman–Crippen MR) is 59.6 cm³/mol. The van der Waals surface area contributed by atoms with E-state index in [0.29, 0.717) is 0 Å². The number of aliphatic hydroxyl groups is 1. The normalized spacial score (nSPS) is 11.8. The molecule has 0 atom stereocenters. The Balaban J connectivity index is 2.67. The van der Waals surface area contributed by atoms with Crippen molar-refractivity contribution in [2.24, 2.45) is 0 Å². The fourth-order valence-corrected chi connectivity index (χ4v) is 2.03. The third kappa shape index (κ3) is 5.47. The average molecular weight is 299 g/mol. The standard InChI is InChI=1S/C9H12F3N3O3S/c10-9(11,12)2-1-3-15-6(4-16)13-14-8(15)19-5-7(17)18/h16H,1-5H2,(H,17,18). The molecule has 1 aromatic heterocycles. The first kappa shape index (κ1) is 15.8. The molecule has 6 nitrogen and oxygen atoms in total. The molecule has 0 saturated heterocycles.